The second-order valence-corrected chi connectivity index (χ2v) is 5.65. The summed E-state index contributed by atoms with van der Waals surface area (Å²) < 4.78 is 5.49. The molecule has 0 radical (unpaired) electrons. The van der Waals surface area contributed by atoms with Gasteiger partial charge in [0, 0.05) is 24.7 Å². The summed E-state index contributed by atoms with van der Waals surface area (Å²) in [4.78, 5) is 18.7. The Morgan fingerprint density at radius 3 is 2.91 bits per heavy atom. The number of carbonyl (C=O) groups excluding carboxylic acids is 1. The zero-order valence-electron chi connectivity index (χ0n) is 13.2. The third-order valence-electron chi connectivity index (χ3n) is 4.09. The quantitative estimate of drug-likeness (QED) is 0.932. The first-order valence-corrected chi connectivity index (χ1v) is 7.71. The van der Waals surface area contributed by atoms with Gasteiger partial charge in [0.15, 0.2) is 0 Å². The van der Waals surface area contributed by atoms with Crippen molar-refractivity contribution in [1.82, 2.24) is 15.2 Å². The van der Waals surface area contributed by atoms with E-state index in [2.05, 4.69) is 10.3 Å². The number of nitrogens with zero attached hydrogens (tertiary/aromatic N) is 2. The van der Waals surface area contributed by atoms with Crippen LogP contribution >= 0.6 is 12.4 Å². The van der Waals surface area contributed by atoms with Crippen molar-refractivity contribution in [1.29, 1.82) is 0 Å². The number of piperidine rings is 1. The highest BCUT2D eigenvalue weighted by Gasteiger charge is 2.23. The number of nitrogens with one attached hydrogen (secondary N) is 1. The van der Waals surface area contributed by atoms with Gasteiger partial charge in [-0.2, -0.15) is 0 Å². The molecule has 124 valence electrons. The lowest BCUT2D eigenvalue weighted by Gasteiger charge is -2.32. The predicted molar refractivity (Wildman–Crippen MR) is 91.6 cm³/mol. The molecule has 2 heterocycles. The molecule has 1 aromatic carbocycles. The molecule has 1 fully saturated rings. The van der Waals surface area contributed by atoms with Crippen LogP contribution < -0.4 is 5.32 Å². The van der Waals surface area contributed by atoms with Crippen LogP contribution in [0.2, 0.25) is 0 Å². The molecule has 0 bridgehead atoms. The Kier molecular flexibility index (Phi) is 6.19. The van der Waals surface area contributed by atoms with E-state index in [1.165, 1.54) is 0 Å². The number of likely N-dealkylation sites (tertiary alicyclic amines) is 1. The van der Waals surface area contributed by atoms with Crippen LogP contribution in [-0.2, 0) is 11.2 Å². The lowest BCUT2D eigenvalue weighted by molar-refractivity contribution is -0.131. The molecule has 1 aliphatic heterocycles. The Hall–Kier alpha value is -1.85. The molecule has 1 atom stereocenters. The summed E-state index contributed by atoms with van der Waals surface area (Å²) in [6.07, 6.45) is 4.06. The third kappa shape index (κ3) is 4.33. The van der Waals surface area contributed by atoms with E-state index in [0.29, 0.717) is 24.0 Å². The number of amides is 1. The third-order valence-corrected chi connectivity index (χ3v) is 4.09. The highest BCUT2D eigenvalue weighted by atomic mass is 35.5. The first kappa shape index (κ1) is 17.5. The van der Waals surface area contributed by atoms with Crippen molar-refractivity contribution in [2.75, 3.05) is 20.1 Å². The van der Waals surface area contributed by atoms with Crippen molar-refractivity contribution in [2.45, 2.75) is 25.3 Å². The molecule has 1 unspecified atom stereocenters. The van der Waals surface area contributed by atoms with Crippen molar-refractivity contribution in [3.8, 4) is 11.5 Å². The number of rotatable bonds is 4. The number of carbonyl (C=O) groups is 1. The summed E-state index contributed by atoms with van der Waals surface area (Å²) in [6.45, 7) is 1.61. The number of hydrogen-bond donors (Lipinski definition) is 1. The van der Waals surface area contributed by atoms with E-state index in [4.69, 9.17) is 4.42 Å². The van der Waals surface area contributed by atoms with Gasteiger partial charge in [0.1, 0.15) is 6.26 Å². The zero-order valence-corrected chi connectivity index (χ0v) is 14.0. The first-order chi connectivity index (χ1) is 10.8. The van der Waals surface area contributed by atoms with Crippen LogP contribution in [0.3, 0.4) is 0 Å². The molecule has 2 aromatic rings. The number of likely N-dealkylation sites (N-methyl/N-ethyl adjacent to an activating group) is 1. The number of hydrogen-bond acceptors (Lipinski definition) is 4. The second-order valence-electron chi connectivity index (χ2n) is 5.65. The summed E-state index contributed by atoms with van der Waals surface area (Å²) >= 11 is 0. The summed E-state index contributed by atoms with van der Waals surface area (Å²) in [5.41, 5.74) is 1.62. The maximum Gasteiger partial charge on any atom is 0.228 e. The molecule has 1 amide bonds. The molecular weight excluding hydrogens is 314 g/mol. The fourth-order valence-corrected chi connectivity index (χ4v) is 2.81. The predicted octanol–water partition coefficient (Wildman–Crippen LogP) is 2.52. The Labute approximate surface area is 142 Å². The summed E-state index contributed by atoms with van der Waals surface area (Å²) in [6, 6.07) is 10.1. The highest BCUT2D eigenvalue weighted by molar-refractivity contribution is 5.85. The standard InChI is InChI=1S/C17H21N3O2.ClH/c1-18-14-8-5-9-20(11-14)16(21)10-15-12-22-17(19-15)13-6-3-2-4-7-13;/h2-4,6-7,12,14,18H,5,8-11H2,1H3;1H. The number of halogens is 1. The molecular formula is C17H22ClN3O2. The van der Waals surface area contributed by atoms with Crippen LogP contribution in [0.1, 0.15) is 18.5 Å². The average molecular weight is 336 g/mol. The van der Waals surface area contributed by atoms with Gasteiger partial charge in [-0.15, -0.1) is 12.4 Å². The minimum atomic E-state index is 0. The van der Waals surface area contributed by atoms with Crippen LogP contribution in [0.4, 0.5) is 0 Å². The van der Waals surface area contributed by atoms with Crippen molar-refractivity contribution in [3.05, 3.63) is 42.3 Å². The minimum absolute atomic E-state index is 0. The number of oxazole rings is 1. The van der Waals surface area contributed by atoms with Crippen LogP contribution in [-0.4, -0.2) is 42.0 Å². The van der Waals surface area contributed by atoms with E-state index in [1.807, 2.05) is 42.3 Å². The Morgan fingerprint density at radius 2 is 2.17 bits per heavy atom. The molecule has 23 heavy (non-hydrogen) atoms. The smallest absolute Gasteiger partial charge is 0.228 e. The van der Waals surface area contributed by atoms with Crippen molar-refractivity contribution < 1.29 is 9.21 Å². The molecule has 0 aliphatic carbocycles. The van der Waals surface area contributed by atoms with E-state index in [-0.39, 0.29) is 18.3 Å². The molecule has 3 rings (SSSR count). The van der Waals surface area contributed by atoms with Crippen molar-refractivity contribution in [3.63, 3.8) is 0 Å². The van der Waals surface area contributed by atoms with Gasteiger partial charge >= 0.3 is 0 Å². The first-order valence-electron chi connectivity index (χ1n) is 7.71. The van der Waals surface area contributed by atoms with Gasteiger partial charge in [0.25, 0.3) is 0 Å². The fourth-order valence-electron chi connectivity index (χ4n) is 2.81. The minimum Gasteiger partial charge on any atom is -0.444 e. The SMILES string of the molecule is CNC1CCCN(C(=O)Cc2coc(-c3ccccc3)n2)C1.Cl. The summed E-state index contributed by atoms with van der Waals surface area (Å²) in [5.74, 6) is 0.683. The van der Waals surface area contributed by atoms with E-state index in [1.54, 1.807) is 6.26 Å². The van der Waals surface area contributed by atoms with E-state index in [0.717, 1.165) is 31.5 Å². The Balaban J connectivity index is 0.00000192. The molecule has 0 spiro atoms. The van der Waals surface area contributed by atoms with Gasteiger partial charge in [0.2, 0.25) is 11.8 Å². The Morgan fingerprint density at radius 1 is 1.39 bits per heavy atom. The Bertz CT molecular complexity index is 630. The molecule has 1 aromatic heterocycles. The number of aromatic nitrogens is 1. The van der Waals surface area contributed by atoms with Crippen LogP contribution in [0.15, 0.2) is 41.0 Å². The van der Waals surface area contributed by atoms with E-state index < -0.39 is 0 Å². The normalized spacial score (nSPS) is 17.6. The maximum atomic E-state index is 12.4. The molecule has 6 heteroatoms. The molecule has 5 nitrogen and oxygen atoms in total. The highest BCUT2D eigenvalue weighted by Crippen LogP contribution is 2.19. The van der Waals surface area contributed by atoms with Crippen LogP contribution in [0, 0.1) is 0 Å². The maximum absolute atomic E-state index is 12.4. The van der Waals surface area contributed by atoms with E-state index in [9.17, 15) is 4.79 Å². The average Bonchev–Trinajstić information content (AvgIpc) is 3.04. The van der Waals surface area contributed by atoms with Gasteiger partial charge in [0.05, 0.1) is 12.1 Å². The topological polar surface area (TPSA) is 58.4 Å². The summed E-state index contributed by atoms with van der Waals surface area (Å²) in [5, 5.41) is 3.25. The van der Waals surface area contributed by atoms with Crippen molar-refractivity contribution in [2.24, 2.45) is 0 Å². The second kappa shape index (κ2) is 8.13. The van der Waals surface area contributed by atoms with Gasteiger partial charge < -0.3 is 14.6 Å². The van der Waals surface area contributed by atoms with Gasteiger partial charge in [-0.1, -0.05) is 18.2 Å². The van der Waals surface area contributed by atoms with Crippen LogP contribution in [0.5, 0.6) is 0 Å². The lowest BCUT2D eigenvalue weighted by atomic mass is 10.1. The zero-order chi connectivity index (χ0) is 15.4. The van der Waals surface area contributed by atoms with Gasteiger partial charge in [-0.25, -0.2) is 4.98 Å². The summed E-state index contributed by atoms with van der Waals surface area (Å²) in [7, 11) is 1.95. The monoisotopic (exact) mass is 335 g/mol. The molecule has 1 N–H and O–H groups in total. The van der Waals surface area contributed by atoms with Crippen LogP contribution in [0.25, 0.3) is 11.5 Å². The van der Waals surface area contributed by atoms with Gasteiger partial charge in [-0.3, -0.25) is 4.79 Å². The molecule has 1 aliphatic rings. The fraction of sp³-hybridized carbons (Fsp3) is 0.412. The van der Waals surface area contributed by atoms with E-state index >= 15 is 0 Å². The lowest BCUT2D eigenvalue weighted by Crippen LogP contribution is -2.47. The molecule has 1 saturated heterocycles. The number of benzene rings is 1. The van der Waals surface area contributed by atoms with Crippen molar-refractivity contribution >= 4 is 18.3 Å². The largest absolute Gasteiger partial charge is 0.444 e. The molecule has 0 saturated carbocycles. The van der Waals surface area contributed by atoms with Gasteiger partial charge in [-0.05, 0) is 32.0 Å².